The number of esters is 1. The maximum Gasteiger partial charge on any atom is 0.329 e. The number of carbonyl (C=O) groups is 3. The van der Waals surface area contributed by atoms with Crippen molar-refractivity contribution in [2.24, 2.45) is 11.7 Å². The molecule has 1 aliphatic carbocycles. The number of carbonyl (C=O) groups excluding carboxylic acids is 2. The summed E-state index contributed by atoms with van der Waals surface area (Å²) in [5.74, 6) is -1.93. The standard InChI is InChI=1S/C14H24N2O5/c1-9(15)13(18)16-11(14(19)20)8-21-12(17)7-10-5-3-2-4-6-10/h9-11H,2-8,15H2,1H3,(H,16,18)(H,19,20)/t9-,11+/m1/s1. The topological polar surface area (TPSA) is 119 Å². The van der Waals surface area contributed by atoms with E-state index in [0.717, 1.165) is 25.7 Å². The second kappa shape index (κ2) is 8.61. The molecular formula is C14H24N2O5. The lowest BCUT2D eigenvalue weighted by Crippen LogP contribution is -2.49. The van der Waals surface area contributed by atoms with Crippen LogP contribution in [0.4, 0.5) is 0 Å². The van der Waals surface area contributed by atoms with E-state index in [1.165, 1.54) is 13.3 Å². The zero-order chi connectivity index (χ0) is 15.8. The van der Waals surface area contributed by atoms with Crippen LogP contribution in [0.2, 0.25) is 0 Å². The van der Waals surface area contributed by atoms with Crippen molar-refractivity contribution >= 4 is 17.8 Å². The van der Waals surface area contributed by atoms with Gasteiger partial charge < -0.3 is 20.9 Å². The SMILES string of the molecule is C[C@@H](N)C(=O)N[C@@H](COC(=O)CC1CCCCC1)C(=O)O. The summed E-state index contributed by atoms with van der Waals surface area (Å²) in [4.78, 5) is 34.1. The number of hydrogen-bond acceptors (Lipinski definition) is 5. The first-order valence-corrected chi connectivity index (χ1v) is 7.34. The first-order valence-electron chi connectivity index (χ1n) is 7.34. The summed E-state index contributed by atoms with van der Waals surface area (Å²) in [6.07, 6.45) is 5.79. The molecule has 7 nitrogen and oxygen atoms in total. The van der Waals surface area contributed by atoms with Crippen molar-refractivity contribution in [2.45, 2.75) is 57.5 Å². The van der Waals surface area contributed by atoms with Crippen LogP contribution >= 0.6 is 0 Å². The number of nitrogens with one attached hydrogen (secondary N) is 1. The van der Waals surface area contributed by atoms with Gasteiger partial charge in [-0.3, -0.25) is 9.59 Å². The Bertz CT molecular complexity index is 378. The molecule has 21 heavy (non-hydrogen) atoms. The van der Waals surface area contributed by atoms with Crippen molar-refractivity contribution in [3.05, 3.63) is 0 Å². The van der Waals surface area contributed by atoms with E-state index in [1.54, 1.807) is 0 Å². The van der Waals surface area contributed by atoms with Crippen LogP contribution in [0, 0.1) is 5.92 Å². The van der Waals surface area contributed by atoms with Gasteiger partial charge in [-0.15, -0.1) is 0 Å². The van der Waals surface area contributed by atoms with Crippen molar-refractivity contribution in [1.82, 2.24) is 5.32 Å². The number of nitrogens with two attached hydrogens (primary N) is 1. The van der Waals surface area contributed by atoms with Gasteiger partial charge >= 0.3 is 11.9 Å². The molecule has 2 atom stereocenters. The minimum atomic E-state index is -1.26. The molecule has 0 aromatic heterocycles. The third kappa shape index (κ3) is 6.57. The Labute approximate surface area is 124 Å². The number of hydrogen-bond donors (Lipinski definition) is 3. The summed E-state index contributed by atoms with van der Waals surface area (Å²) in [6, 6.07) is -2.08. The molecule has 0 spiro atoms. The second-order valence-electron chi connectivity index (χ2n) is 5.58. The lowest BCUT2D eigenvalue weighted by atomic mass is 9.87. The highest BCUT2D eigenvalue weighted by Gasteiger charge is 2.24. The molecule has 1 saturated carbocycles. The van der Waals surface area contributed by atoms with Crippen LogP contribution in [0.5, 0.6) is 0 Å². The van der Waals surface area contributed by atoms with Gasteiger partial charge in [0, 0.05) is 6.42 Å². The van der Waals surface area contributed by atoms with E-state index in [0.29, 0.717) is 12.3 Å². The molecule has 4 N–H and O–H groups in total. The maximum atomic E-state index is 11.7. The quantitative estimate of drug-likeness (QED) is 0.586. The Balaban J connectivity index is 2.36. The molecule has 0 saturated heterocycles. The van der Waals surface area contributed by atoms with Crippen LogP contribution in [0.25, 0.3) is 0 Å². The van der Waals surface area contributed by atoms with Crippen LogP contribution in [-0.2, 0) is 19.1 Å². The fraction of sp³-hybridized carbons (Fsp3) is 0.786. The molecular weight excluding hydrogens is 276 g/mol. The zero-order valence-corrected chi connectivity index (χ0v) is 12.3. The smallest absolute Gasteiger partial charge is 0.329 e. The van der Waals surface area contributed by atoms with Crippen LogP contribution < -0.4 is 11.1 Å². The average Bonchev–Trinajstić information content (AvgIpc) is 2.43. The minimum Gasteiger partial charge on any atom is -0.480 e. The van der Waals surface area contributed by atoms with E-state index in [1.807, 2.05) is 0 Å². The second-order valence-corrected chi connectivity index (χ2v) is 5.58. The molecule has 1 rings (SSSR count). The van der Waals surface area contributed by atoms with Gasteiger partial charge in [-0.05, 0) is 25.7 Å². The van der Waals surface area contributed by atoms with E-state index in [-0.39, 0.29) is 6.61 Å². The number of aliphatic carboxylic acids is 1. The summed E-state index contributed by atoms with van der Waals surface area (Å²) in [5.41, 5.74) is 5.35. The molecule has 0 aromatic carbocycles. The van der Waals surface area contributed by atoms with Gasteiger partial charge in [-0.2, -0.15) is 0 Å². The van der Waals surface area contributed by atoms with E-state index >= 15 is 0 Å². The first kappa shape index (κ1) is 17.4. The lowest BCUT2D eigenvalue weighted by Gasteiger charge is -2.21. The number of ether oxygens (including phenoxy) is 1. The molecule has 7 heteroatoms. The van der Waals surface area contributed by atoms with E-state index in [2.05, 4.69) is 5.32 Å². The van der Waals surface area contributed by atoms with Gasteiger partial charge in [0.15, 0.2) is 6.04 Å². The summed E-state index contributed by atoms with van der Waals surface area (Å²) in [6.45, 7) is 1.07. The van der Waals surface area contributed by atoms with Gasteiger partial charge in [0.25, 0.3) is 0 Å². The Kier molecular flexibility index (Phi) is 7.14. The summed E-state index contributed by atoms with van der Waals surface area (Å²) < 4.78 is 4.97. The van der Waals surface area contributed by atoms with E-state index < -0.39 is 29.9 Å². The lowest BCUT2D eigenvalue weighted by molar-refractivity contribution is -0.151. The van der Waals surface area contributed by atoms with E-state index in [4.69, 9.17) is 15.6 Å². The Hall–Kier alpha value is -1.63. The third-order valence-corrected chi connectivity index (χ3v) is 3.62. The monoisotopic (exact) mass is 300 g/mol. The van der Waals surface area contributed by atoms with Crippen LogP contribution in [0.1, 0.15) is 45.4 Å². The van der Waals surface area contributed by atoms with Crippen molar-refractivity contribution in [1.29, 1.82) is 0 Å². The summed E-state index contributed by atoms with van der Waals surface area (Å²) in [5, 5.41) is 11.2. The predicted octanol–water partition coefficient (Wildman–Crippen LogP) is 0.417. The van der Waals surface area contributed by atoms with Gasteiger partial charge in [0.1, 0.15) is 6.61 Å². The van der Waals surface area contributed by atoms with Gasteiger partial charge in [0.2, 0.25) is 5.91 Å². The maximum absolute atomic E-state index is 11.7. The normalized spacial score (nSPS) is 18.6. The zero-order valence-electron chi connectivity index (χ0n) is 12.3. The number of carboxylic acids is 1. The fourth-order valence-electron chi connectivity index (χ4n) is 2.34. The average molecular weight is 300 g/mol. The molecule has 120 valence electrons. The molecule has 1 fully saturated rings. The van der Waals surface area contributed by atoms with Crippen LogP contribution in [0.3, 0.4) is 0 Å². The van der Waals surface area contributed by atoms with Crippen molar-refractivity contribution in [3.63, 3.8) is 0 Å². The molecule has 0 radical (unpaired) electrons. The van der Waals surface area contributed by atoms with Crippen LogP contribution in [0.15, 0.2) is 0 Å². The molecule has 0 aromatic rings. The molecule has 1 amide bonds. The minimum absolute atomic E-state index is 0.313. The molecule has 0 heterocycles. The van der Waals surface area contributed by atoms with Crippen LogP contribution in [-0.4, -0.2) is 41.6 Å². The van der Waals surface area contributed by atoms with Crippen molar-refractivity contribution in [2.75, 3.05) is 6.61 Å². The van der Waals surface area contributed by atoms with Gasteiger partial charge in [-0.1, -0.05) is 19.3 Å². The third-order valence-electron chi connectivity index (χ3n) is 3.62. The highest BCUT2D eigenvalue weighted by Crippen LogP contribution is 2.26. The fourth-order valence-corrected chi connectivity index (χ4v) is 2.34. The molecule has 0 bridgehead atoms. The number of rotatable bonds is 7. The van der Waals surface area contributed by atoms with Gasteiger partial charge in [0.05, 0.1) is 6.04 Å². The number of carboxylic acid groups (broad SMARTS) is 1. The Morgan fingerprint density at radius 2 is 1.90 bits per heavy atom. The first-order chi connectivity index (χ1) is 9.90. The highest BCUT2D eigenvalue weighted by molar-refractivity contribution is 5.86. The van der Waals surface area contributed by atoms with E-state index in [9.17, 15) is 14.4 Å². The largest absolute Gasteiger partial charge is 0.480 e. The predicted molar refractivity (Wildman–Crippen MR) is 75.4 cm³/mol. The summed E-state index contributed by atoms with van der Waals surface area (Å²) >= 11 is 0. The summed E-state index contributed by atoms with van der Waals surface area (Å²) in [7, 11) is 0. The van der Waals surface area contributed by atoms with Gasteiger partial charge in [-0.25, -0.2) is 4.79 Å². The molecule has 1 aliphatic rings. The molecule has 0 aliphatic heterocycles. The van der Waals surface area contributed by atoms with Crippen molar-refractivity contribution < 1.29 is 24.2 Å². The Morgan fingerprint density at radius 1 is 1.29 bits per heavy atom. The Morgan fingerprint density at radius 3 is 2.43 bits per heavy atom. The van der Waals surface area contributed by atoms with Crippen molar-refractivity contribution in [3.8, 4) is 0 Å². The number of amides is 1. The molecule has 0 unspecified atom stereocenters. The highest BCUT2D eigenvalue weighted by atomic mass is 16.5.